The Hall–Kier alpha value is -3.97. The van der Waals surface area contributed by atoms with E-state index in [1.165, 1.54) is 5.56 Å². The molecule has 0 saturated carbocycles. The summed E-state index contributed by atoms with van der Waals surface area (Å²) >= 11 is 0. The highest BCUT2D eigenvalue weighted by Gasteiger charge is 2.12. The summed E-state index contributed by atoms with van der Waals surface area (Å²) in [5.41, 5.74) is 5.03. The summed E-state index contributed by atoms with van der Waals surface area (Å²) in [5.74, 6) is 1.21. The van der Waals surface area contributed by atoms with Crippen LogP contribution in [0, 0.1) is 0 Å². The number of ether oxygens (including phenoxy) is 1. The van der Waals surface area contributed by atoms with E-state index < -0.39 is 0 Å². The van der Waals surface area contributed by atoms with Gasteiger partial charge in [-0.25, -0.2) is 9.97 Å². The molecule has 0 saturated heterocycles. The zero-order chi connectivity index (χ0) is 20.2. The molecule has 0 aliphatic heterocycles. The number of nitrogens with one attached hydrogen (secondary N) is 2. The van der Waals surface area contributed by atoms with Crippen LogP contribution in [0.2, 0.25) is 0 Å². The Balaban J connectivity index is 1.34. The van der Waals surface area contributed by atoms with Crippen LogP contribution >= 0.6 is 0 Å². The van der Waals surface area contributed by atoms with Gasteiger partial charge in [-0.15, -0.1) is 0 Å². The van der Waals surface area contributed by atoms with E-state index in [4.69, 9.17) is 4.74 Å². The molecule has 0 aliphatic carbocycles. The number of H-pyrrole nitrogens is 1. The minimum absolute atomic E-state index is 0.481. The topological polar surface area (TPSA) is 80.1 Å². The fourth-order valence-corrected chi connectivity index (χ4v) is 3.30. The van der Waals surface area contributed by atoms with Crippen molar-refractivity contribution < 1.29 is 4.74 Å². The van der Waals surface area contributed by atoms with Crippen LogP contribution in [0.15, 0.2) is 85.5 Å². The Morgan fingerprint density at radius 3 is 2.57 bits per heavy atom. The van der Waals surface area contributed by atoms with Gasteiger partial charge in [0.05, 0.1) is 11.9 Å². The molecule has 7 nitrogen and oxygen atoms in total. The number of hydrogen-bond acceptors (Lipinski definition) is 5. The number of fused-ring (bicyclic) bond motifs is 1. The maximum Gasteiger partial charge on any atom is 0.263 e. The van der Waals surface area contributed by atoms with Gasteiger partial charge in [-0.2, -0.15) is 5.10 Å². The Morgan fingerprint density at radius 2 is 1.77 bits per heavy atom. The first-order valence-electron chi connectivity index (χ1n) is 9.70. The number of aromatic nitrogens is 5. The largest absolute Gasteiger partial charge is 0.436 e. The molecule has 148 valence electrons. The predicted octanol–water partition coefficient (Wildman–Crippen LogP) is 4.20. The van der Waals surface area contributed by atoms with Gasteiger partial charge in [0.2, 0.25) is 5.65 Å². The predicted molar refractivity (Wildman–Crippen MR) is 114 cm³/mol. The fraction of sp³-hybridized carbons (Fsp3) is 0.0870. The summed E-state index contributed by atoms with van der Waals surface area (Å²) in [6, 6.07) is 20.0. The molecule has 0 fully saturated rings. The van der Waals surface area contributed by atoms with E-state index in [0.717, 1.165) is 35.8 Å². The minimum Gasteiger partial charge on any atom is -0.436 e. The molecule has 0 bridgehead atoms. The summed E-state index contributed by atoms with van der Waals surface area (Å²) in [6.07, 6.45) is 7.23. The molecule has 0 spiro atoms. The van der Waals surface area contributed by atoms with E-state index in [-0.39, 0.29) is 0 Å². The summed E-state index contributed by atoms with van der Waals surface area (Å²) in [6.45, 7) is 1.54. The zero-order valence-corrected chi connectivity index (χ0v) is 16.2. The minimum atomic E-state index is 0.481. The highest BCUT2D eigenvalue weighted by atomic mass is 16.5. The van der Waals surface area contributed by atoms with Crippen molar-refractivity contribution in [3.05, 3.63) is 96.7 Å². The average molecular weight is 396 g/mol. The molecule has 0 radical (unpaired) electrons. The summed E-state index contributed by atoms with van der Waals surface area (Å²) in [5, 5.41) is 10.3. The molecule has 5 rings (SSSR count). The lowest BCUT2D eigenvalue weighted by atomic mass is 10.1. The van der Waals surface area contributed by atoms with Crippen LogP contribution in [0.25, 0.3) is 16.9 Å². The molecule has 0 unspecified atom stereocenters. The molecule has 7 heteroatoms. The first kappa shape index (κ1) is 18.1. The highest BCUT2D eigenvalue weighted by molar-refractivity contribution is 5.66. The van der Waals surface area contributed by atoms with E-state index in [0.29, 0.717) is 11.5 Å². The van der Waals surface area contributed by atoms with Crippen molar-refractivity contribution in [1.29, 1.82) is 0 Å². The summed E-state index contributed by atoms with van der Waals surface area (Å²) in [7, 11) is 0. The number of aromatic amines is 1. The van der Waals surface area contributed by atoms with Crippen LogP contribution in [0.4, 0.5) is 0 Å². The molecule has 2 N–H and O–H groups in total. The third kappa shape index (κ3) is 3.78. The van der Waals surface area contributed by atoms with Gasteiger partial charge in [-0.3, -0.25) is 9.50 Å². The Labute approximate surface area is 173 Å². The molecular weight excluding hydrogens is 376 g/mol. The van der Waals surface area contributed by atoms with Crippen LogP contribution < -0.4 is 10.1 Å². The lowest BCUT2D eigenvalue weighted by Gasteiger charge is -2.08. The number of benzene rings is 2. The molecular formula is C23H20N6O. The van der Waals surface area contributed by atoms with E-state index in [1.54, 1.807) is 12.4 Å². The van der Waals surface area contributed by atoms with E-state index >= 15 is 0 Å². The van der Waals surface area contributed by atoms with Crippen molar-refractivity contribution >= 4 is 5.65 Å². The lowest BCUT2D eigenvalue weighted by molar-refractivity contribution is 0.465. The number of para-hydroxylation sites is 1. The summed E-state index contributed by atoms with van der Waals surface area (Å²) < 4.78 is 7.92. The van der Waals surface area contributed by atoms with E-state index in [2.05, 4.69) is 49.7 Å². The second-order valence-electron chi connectivity index (χ2n) is 6.87. The smallest absolute Gasteiger partial charge is 0.263 e. The quantitative estimate of drug-likeness (QED) is 0.431. The molecule has 0 amide bonds. The Bertz CT molecular complexity index is 1230. The van der Waals surface area contributed by atoms with Gasteiger partial charge in [0.25, 0.3) is 5.88 Å². The van der Waals surface area contributed by atoms with Gasteiger partial charge in [-0.05, 0) is 23.8 Å². The van der Waals surface area contributed by atoms with Crippen LogP contribution in [-0.2, 0) is 13.1 Å². The number of rotatable bonds is 7. The second kappa shape index (κ2) is 8.18. The van der Waals surface area contributed by atoms with Crippen molar-refractivity contribution in [2.75, 3.05) is 0 Å². The molecule has 0 atom stereocenters. The van der Waals surface area contributed by atoms with Gasteiger partial charge < -0.3 is 10.1 Å². The van der Waals surface area contributed by atoms with Gasteiger partial charge in [0, 0.05) is 42.9 Å². The molecule has 30 heavy (non-hydrogen) atoms. The lowest BCUT2D eigenvalue weighted by Crippen LogP contribution is -2.12. The van der Waals surface area contributed by atoms with E-state index in [9.17, 15) is 0 Å². The highest BCUT2D eigenvalue weighted by Crippen LogP contribution is 2.27. The molecule has 3 aromatic heterocycles. The first-order chi connectivity index (χ1) is 14.9. The maximum absolute atomic E-state index is 5.93. The van der Waals surface area contributed by atoms with Crippen LogP contribution in [0.5, 0.6) is 11.6 Å². The Kier molecular flexibility index (Phi) is 4.93. The van der Waals surface area contributed by atoms with Crippen LogP contribution in [-0.4, -0.2) is 24.6 Å². The first-order valence-corrected chi connectivity index (χ1v) is 9.70. The molecule has 0 aliphatic rings. The van der Waals surface area contributed by atoms with Crippen molar-refractivity contribution in [2.24, 2.45) is 0 Å². The third-order valence-corrected chi connectivity index (χ3v) is 4.81. The number of nitrogens with zero attached hydrogens (tertiary/aromatic N) is 4. The van der Waals surface area contributed by atoms with Crippen molar-refractivity contribution in [3.8, 4) is 22.9 Å². The van der Waals surface area contributed by atoms with E-state index in [1.807, 2.05) is 53.2 Å². The van der Waals surface area contributed by atoms with Crippen LogP contribution in [0.1, 0.15) is 11.3 Å². The summed E-state index contributed by atoms with van der Waals surface area (Å²) in [4.78, 5) is 8.90. The van der Waals surface area contributed by atoms with Crippen molar-refractivity contribution in [1.82, 2.24) is 29.9 Å². The van der Waals surface area contributed by atoms with Gasteiger partial charge >= 0.3 is 0 Å². The zero-order valence-electron chi connectivity index (χ0n) is 16.2. The number of imidazole rings is 1. The van der Waals surface area contributed by atoms with Crippen molar-refractivity contribution in [2.45, 2.75) is 13.1 Å². The van der Waals surface area contributed by atoms with Gasteiger partial charge in [0.1, 0.15) is 5.75 Å². The molecule has 2 aromatic carbocycles. The molecule has 5 aromatic rings. The van der Waals surface area contributed by atoms with Crippen molar-refractivity contribution in [3.63, 3.8) is 0 Å². The number of hydrogen-bond donors (Lipinski definition) is 2. The molecule has 3 heterocycles. The monoisotopic (exact) mass is 396 g/mol. The standard InChI is InChI=1S/C23H20N6O/c1-2-4-20(5-3-1)30-23-22-26-16-21(29(22)13-12-25-23)18-8-6-17(7-9-18)14-24-15-19-10-11-27-28-19/h1-13,16,24H,14-15H2,(H,27,28). The third-order valence-electron chi connectivity index (χ3n) is 4.81. The SMILES string of the molecule is c1ccc(Oc2nccn3c(-c4ccc(CNCc5ccn[nH]5)cc4)cnc23)cc1. The average Bonchev–Trinajstić information content (AvgIpc) is 3.46. The van der Waals surface area contributed by atoms with Crippen LogP contribution in [0.3, 0.4) is 0 Å². The Morgan fingerprint density at radius 1 is 0.900 bits per heavy atom. The van der Waals surface area contributed by atoms with Gasteiger partial charge in [-0.1, -0.05) is 42.5 Å². The fourth-order valence-electron chi connectivity index (χ4n) is 3.30. The normalized spacial score (nSPS) is 11.1. The maximum atomic E-state index is 5.93. The second-order valence-corrected chi connectivity index (χ2v) is 6.87. The van der Waals surface area contributed by atoms with Gasteiger partial charge in [0.15, 0.2) is 0 Å².